The summed E-state index contributed by atoms with van der Waals surface area (Å²) in [6.07, 6.45) is 3.53. The van der Waals surface area contributed by atoms with Gasteiger partial charge in [0.2, 0.25) is 0 Å². The Hall–Kier alpha value is -1.13. The van der Waals surface area contributed by atoms with E-state index in [4.69, 9.17) is 9.47 Å². The molecule has 0 radical (unpaired) electrons. The quantitative estimate of drug-likeness (QED) is 0.889. The van der Waals surface area contributed by atoms with Crippen molar-refractivity contribution in [1.29, 1.82) is 0 Å². The molecule has 2 rings (SSSR count). The Morgan fingerprint density at radius 1 is 1.47 bits per heavy atom. The van der Waals surface area contributed by atoms with E-state index in [9.17, 15) is 4.39 Å². The van der Waals surface area contributed by atoms with Crippen LogP contribution < -0.4 is 10.1 Å². The molecule has 1 N–H and O–H groups in total. The molecule has 19 heavy (non-hydrogen) atoms. The molecule has 0 amide bonds. The lowest BCUT2D eigenvalue weighted by Gasteiger charge is -2.24. The van der Waals surface area contributed by atoms with Crippen LogP contribution in [-0.2, 0) is 4.74 Å². The van der Waals surface area contributed by atoms with Crippen molar-refractivity contribution in [3.8, 4) is 5.75 Å². The van der Waals surface area contributed by atoms with Crippen LogP contribution in [0, 0.1) is 5.82 Å². The first-order valence-corrected chi connectivity index (χ1v) is 6.92. The predicted octanol–water partition coefficient (Wildman–Crippen LogP) is 3.05. The molecule has 0 spiro atoms. The molecular formula is C15H22FNO2. The summed E-state index contributed by atoms with van der Waals surface area (Å²) in [6.45, 7) is 3.34. The number of nitrogens with one attached hydrogen (secondary N) is 1. The predicted molar refractivity (Wildman–Crippen MR) is 73.0 cm³/mol. The van der Waals surface area contributed by atoms with Gasteiger partial charge in [0.15, 0.2) is 0 Å². The number of ether oxygens (including phenoxy) is 2. The molecule has 3 nitrogen and oxygen atoms in total. The molecule has 2 atom stereocenters. The SMILES string of the molecule is CNC(C)c1cc(F)ccc1OCC1CCCCO1. The first-order chi connectivity index (χ1) is 9.20. The van der Waals surface area contributed by atoms with E-state index in [0.717, 1.165) is 30.8 Å². The molecular weight excluding hydrogens is 245 g/mol. The first-order valence-electron chi connectivity index (χ1n) is 6.92. The summed E-state index contributed by atoms with van der Waals surface area (Å²) in [4.78, 5) is 0. The summed E-state index contributed by atoms with van der Waals surface area (Å²) in [7, 11) is 1.85. The van der Waals surface area contributed by atoms with Crippen LogP contribution in [0.2, 0.25) is 0 Å². The van der Waals surface area contributed by atoms with Gasteiger partial charge >= 0.3 is 0 Å². The van der Waals surface area contributed by atoms with Gasteiger partial charge < -0.3 is 14.8 Å². The van der Waals surface area contributed by atoms with Crippen LogP contribution in [0.4, 0.5) is 4.39 Å². The molecule has 1 aromatic carbocycles. The zero-order valence-electron chi connectivity index (χ0n) is 11.6. The van der Waals surface area contributed by atoms with Gasteiger partial charge in [-0.15, -0.1) is 0 Å². The van der Waals surface area contributed by atoms with Crippen LogP contribution in [0.3, 0.4) is 0 Å². The van der Waals surface area contributed by atoms with Gasteiger partial charge in [0.05, 0.1) is 6.10 Å². The number of hydrogen-bond donors (Lipinski definition) is 1. The molecule has 1 heterocycles. The Kier molecular flexibility index (Phi) is 5.16. The molecule has 4 heteroatoms. The highest BCUT2D eigenvalue weighted by molar-refractivity contribution is 5.36. The van der Waals surface area contributed by atoms with E-state index in [1.165, 1.54) is 18.6 Å². The van der Waals surface area contributed by atoms with E-state index < -0.39 is 0 Å². The second-order valence-corrected chi connectivity index (χ2v) is 4.99. The number of hydrogen-bond acceptors (Lipinski definition) is 3. The highest BCUT2D eigenvalue weighted by Gasteiger charge is 2.17. The zero-order chi connectivity index (χ0) is 13.7. The number of halogens is 1. The maximum atomic E-state index is 13.3. The van der Waals surface area contributed by atoms with Crippen LogP contribution in [0.25, 0.3) is 0 Å². The maximum absolute atomic E-state index is 13.3. The molecule has 1 aliphatic heterocycles. The normalized spacial score (nSPS) is 21.1. The van der Waals surface area contributed by atoms with Gasteiger partial charge in [-0.1, -0.05) is 0 Å². The summed E-state index contributed by atoms with van der Waals surface area (Å²) >= 11 is 0. The third kappa shape index (κ3) is 3.91. The molecule has 2 unspecified atom stereocenters. The summed E-state index contributed by atoms with van der Waals surface area (Å²) in [5.74, 6) is 0.496. The molecule has 0 saturated carbocycles. The van der Waals surface area contributed by atoms with Crippen molar-refractivity contribution in [2.45, 2.75) is 38.3 Å². The van der Waals surface area contributed by atoms with Gasteiger partial charge in [-0.05, 0) is 51.4 Å². The van der Waals surface area contributed by atoms with Crippen molar-refractivity contribution in [1.82, 2.24) is 5.32 Å². The van der Waals surface area contributed by atoms with Gasteiger partial charge in [-0.25, -0.2) is 4.39 Å². The summed E-state index contributed by atoms with van der Waals surface area (Å²) in [6, 6.07) is 4.71. The highest BCUT2D eigenvalue weighted by Crippen LogP contribution is 2.26. The first kappa shape index (κ1) is 14.3. The van der Waals surface area contributed by atoms with Crippen molar-refractivity contribution >= 4 is 0 Å². The summed E-state index contributed by atoms with van der Waals surface area (Å²) < 4.78 is 24.8. The number of rotatable bonds is 5. The molecule has 106 valence electrons. The van der Waals surface area contributed by atoms with Gasteiger partial charge in [0.25, 0.3) is 0 Å². The Bertz CT molecular complexity index is 405. The maximum Gasteiger partial charge on any atom is 0.124 e. The Labute approximate surface area is 114 Å². The second kappa shape index (κ2) is 6.87. The monoisotopic (exact) mass is 267 g/mol. The lowest BCUT2D eigenvalue weighted by atomic mass is 10.1. The van der Waals surface area contributed by atoms with Crippen molar-refractivity contribution in [3.05, 3.63) is 29.6 Å². The Morgan fingerprint density at radius 3 is 3.00 bits per heavy atom. The topological polar surface area (TPSA) is 30.5 Å². The molecule has 1 saturated heterocycles. The standard InChI is InChI=1S/C15H22FNO2/c1-11(17-2)14-9-12(16)6-7-15(14)19-10-13-5-3-4-8-18-13/h6-7,9,11,13,17H,3-5,8,10H2,1-2H3. The van der Waals surface area contributed by atoms with Crippen LogP contribution in [0.15, 0.2) is 18.2 Å². The average molecular weight is 267 g/mol. The van der Waals surface area contributed by atoms with Crippen molar-refractivity contribution in [2.75, 3.05) is 20.3 Å². The Morgan fingerprint density at radius 2 is 2.32 bits per heavy atom. The molecule has 1 aromatic rings. The van der Waals surface area contributed by atoms with Crippen LogP contribution in [0.1, 0.15) is 37.8 Å². The minimum Gasteiger partial charge on any atom is -0.491 e. The fraction of sp³-hybridized carbons (Fsp3) is 0.600. The van der Waals surface area contributed by atoms with Gasteiger partial charge in [-0.3, -0.25) is 0 Å². The van der Waals surface area contributed by atoms with Crippen LogP contribution >= 0.6 is 0 Å². The van der Waals surface area contributed by atoms with E-state index in [2.05, 4.69) is 5.32 Å². The lowest BCUT2D eigenvalue weighted by Crippen LogP contribution is -2.26. The minimum atomic E-state index is -0.238. The third-order valence-electron chi connectivity index (χ3n) is 3.57. The molecule has 1 aliphatic rings. The van der Waals surface area contributed by atoms with E-state index in [1.807, 2.05) is 14.0 Å². The average Bonchev–Trinajstić information content (AvgIpc) is 2.46. The largest absolute Gasteiger partial charge is 0.491 e. The van der Waals surface area contributed by atoms with Gasteiger partial charge in [-0.2, -0.15) is 0 Å². The van der Waals surface area contributed by atoms with Gasteiger partial charge in [0, 0.05) is 18.2 Å². The Balaban J connectivity index is 2.02. The molecule has 0 aromatic heterocycles. The molecule has 0 bridgehead atoms. The second-order valence-electron chi connectivity index (χ2n) is 4.99. The summed E-state index contributed by atoms with van der Waals surface area (Å²) in [5, 5.41) is 3.11. The molecule has 1 fully saturated rings. The van der Waals surface area contributed by atoms with Crippen molar-refractivity contribution < 1.29 is 13.9 Å². The van der Waals surface area contributed by atoms with E-state index in [-0.39, 0.29) is 18.0 Å². The highest BCUT2D eigenvalue weighted by atomic mass is 19.1. The zero-order valence-corrected chi connectivity index (χ0v) is 11.6. The van der Waals surface area contributed by atoms with Gasteiger partial charge in [0.1, 0.15) is 18.2 Å². The van der Waals surface area contributed by atoms with Crippen molar-refractivity contribution in [3.63, 3.8) is 0 Å². The van der Waals surface area contributed by atoms with E-state index in [0.29, 0.717) is 6.61 Å². The van der Waals surface area contributed by atoms with Crippen LogP contribution in [-0.4, -0.2) is 26.4 Å². The van der Waals surface area contributed by atoms with Crippen LogP contribution in [0.5, 0.6) is 5.75 Å². The van der Waals surface area contributed by atoms with E-state index in [1.54, 1.807) is 6.07 Å². The fourth-order valence-electron chi connectivity index (χ4n) is 2.27. The van der Waals surface area contributed by atoms with Crippen molar-refractivity contribution in [2.24, 2.45) is 0 Å². The smallest absolute Gasteiger partial charge is 0.124 e. The fourth-order valence-corrected chi connectivity index (χ4v) is 2.27. The lowest BCUT2D eigenvalue weighted by molar-refractivity contribution is -0.0113. The summed E-state index contributed by atoms with van der Waals surface area (Å²) in [5.41, 5.74) is 0.846. The minimum absolute atomic E-state index is 0.0537. The molecule has 0 aliphatic carbocycles. The number of benzene rings is 1. The van der Waals surface area contributed by atoms with E-state index >= 15 is 0 Å². The third-order valence-corrected chi connectivity index (χ3v) is 3.57.